The Morgan fingerprint density at radius 3 is 2.65 bits per heavy atom. The Labute approximate surface area is 137 Å². The number of hydrogen-bond donors (Lipinski definition) is 0. The second-order valence-corrected chi connectivity index (χ2v) is 6.73. The molecular weight excluding hydrogens is 294 g/mol. The van der Waals surface area contributed by atoms with Crippen molar-refractivity contribution < 1.29 is 9.53 Å². The molecule has 0 bridgehead atoms. The zero-order chi connectivity index (χ0) is 16.4. The normalized spacial score (nSPS) is 23.3. The maximum absolute atomic E-state index is 11.5. The molecule has 2 aliphatic rings. The van der Waals surface area contributed by atoms with Crippen LogP contribution in [0.25, 0.3) is 0 Å². The van der Waals surface area contributed by atoms with Gasteiger partial charge in [-0.2, -0.15) is 0 Å². The number of aromatic nitrogens is 3. The number of hydrogen-bond acceptors (Lipinski definition) is 5. The highest BCUT2D eigenvalue weighted by molar-refractivity contribution is 5.73. The standard InChI is InChI=1S/C16H27N5O2/c1-12-10-20(8-9-23-12)16-18-17-13(2)21(16)11-15-4-6-19(7-5-15)14(3)22/h12,15H,4-11H2,1-3H3. The summed E-state index contributed by atoms with van der Waals surface area (Å²) < 4.78 is 7.87. The monoisotopic (exact) mass is 321 g/mol. The second-order valence-electron chi connectivity index (χ2n) is 6.73. The SMILES string of the molecule is CC(=O)N1CCC(Cn2c(C)nnc2N2CCOC(C)C2)CC1. The molecule has 0 radical (unpaired) electrons. The highest BCUT2D eigenvalue weighted by Crippen LogP contribution is 2.23. The number of nitrogens with zero attached hydrogens (tertiary/aromatic N) is 5. The number of amides is 1. The molecule has 1 atom stereocenters. The molecule has 3 heterocycles. The Balaban J connectivity index is 1.66. The number of rotatable bonds is 3. The van der Waals surface area contributed by atoms with E-state index in [9.17, 15) is 4.79 Å². The van der Waals surface area contributed by atoms with Crippen molar-refractivity contribution in [3.8, 4) is 0 Å². The first-order valence-corrected chi connectivity index (χ1v) is 8.56. The molecule has 1 amide bonds. The average molecular weight is 321 g/mol. The van der Waals surface area contributed by atoms with Crippen molar-refractivity contribution in [1.82, 2.24) is 19.7 Å². The second kappa shape index (κ2) is 6.86. The minimum Gasteiger partial charge on any atom is -0.375 e. The molecule has 0 spiro atoms. The van der Waals surface area contributed by atoms with E-state index >= 15 is 0 Å². The van der Waals surface area contributed by atoms with Crippen molar-refractivity contribution in [2.75, 3.05) is 37.7 Å². The molecule has 128 valence electrons. The van der Waals surface area contributed by atoms with Crippen molar-refractivity contribution in [1.29, 1.82) is 0 Å². The molecule has 23 heavy (non-hydrogen) atoms. The molecule has 2 saturated heterocycles. The predicted octanol–water partition coefficient (Wildman–Crippen LogP) is 1.07. The van der Waals surface area contributed by atoms with Crippen LogP contribution in [-0.4, -0.2) is 64.5 Å². The molecule has 0 N–H and O–H groups in total. The Morgan fingerprint density at radius 1 is 1.26 bits per heavy atom. The smallest absolute Gasteiger partial charge is 0.227 e. The van der Waals surface area contributed by atoms with E-state index in [1.807, 2.05) is 11.8 Å². The van der Waals surface area contributed by atoms with Gasteiger partial charge in [0.15, 0.2) is 0 Å². The van der Waals surface area contributed by atoms with Crippen LogP contribution in [0, 0.1) is 12.8 Å². The van der Waals surface area contributed by atoms with Crippen molar-refractivity contribution in [3.05, 3.63) is 5.82 Å². The number of ether oxygens (including phenoxy) is 1. The largest absolute Gasteiger partial charge is 0.375 e. The lowest BCUT2D eigenvalue weighted by molar-refractivity contribution is -0.130. The zero-order valence-corrected chi connectivity index (χ0v) is 14.4. The lowest BCUT2D eigenvalue weighted by Gasteiger charge is -2.34. The number of piperidine rings is 1. The molecule has 1 unspecified atom stereocenters. The molecule has 3 rings (SSSR count). The molecule has 0 aliphatic carbocycles. The summed E-state index contributed by atoms with van der Waals surface area (Å²) in [6, 6.07) is 0. The van der Waals surface area contributed by atoms with E-state index in [2.05, 4.69) is 26.6 Å². The molecule has 0 saturated carbocycles. The van der Waals surface area contributed by atoms with E-state index in [0.29, 0.717) is 5.92 Å². The Hall–Kier alpha value is -1.63. The fraction of sp³-hybridized carbons (Fsp3) is 0.812. The van der Waals surface area contributed by atoms with Crippen LogP contribution >= 0.6 is 0 Å². The Kier molecular flexibility index (Phi) is 4.84. The van der Waals surface area contributed by atoms with Crippen LogP contribution in [0.4, 0.5) is 5.95 Å². The van der Waals surface area contributed by atoms with Crippen molar-refractivity contribution >= 4 is 11.9 Å². The summed E-state index contributed by atoms with van der Waals surface area (Å²) in [6.07, 6.45) is 2.33. The fourth-order valence-corrected chi connectivity index (χ4v) is 3.51. The highest BCUT2D eigenvalue weighted by atomic mass is 16.5. The van der Waals surface area contributed by atoms with Gasteiger partial charge in [0.1, 0.15) is 5.82 Å². The number of carbonyl (C=O) groups is 1. The van der Waals surface area contributed by atoms with Crippen molar-refractivity contribution in [3.63, 3.8) is 0 Å². The average Bonchev–Trinajstić information content (AvgIpc) is 2.89. The third kappa shape index (κ3) is 3.65. The maximum Gasteiger partial charge on any atom is 0.227 e. The van der Waals surface area contributed by atoms with Crippen LogP contribution < -0.4 is 4.90 Å². The van der Waals surface area contributed by atoms with Crippen LogP contribution in [0.2, 0.25) is 0 Å². The van der Waals surface area contributed by atoms with Gasteiger partial charge in [-0.3, -0.25) is 9.36 Å². The van der Waals surface area contributed by atoms with Crippen LogP contribution in [0.15, 0.2) is 0 Å². The molecule has 2 aliphatic heterocycles. The molecule has 7 heteroatoms. The third-order valence-electron chi connectivity index (χ3n) is 4.94. The molecule has 7 nitrogen and oxygen atoms in total. The van der Waals surface area contributed by atoms with E-state index in [0.717, 1.165) is 63.9 Å². The molecule has 1 aromatic rings. The van der Waals surface area contributed by atoms with Crippen LogP contribution in [-0.2, 0) is 16.1 Å². The minimum atomic E-state index is 0.187. The summed E-state index contributed by atoms with van der Waals surface area (Å²) in [5.74, 6) is 2.70. The van der Waals surface area contributed by atoms with Gasteiger partial charge in [0.2, 0.25) is 11.9 Å². The fourth-order valence-electron chi connectivity index (χ4n) is 3.51. The van der Waals surface area contributed by atoms with Gasteiger partial charge < -0.3 is 14.5 Å². The quantitative estimate of drug-likeness (QED) is 0.833. The molecule has 0 aromatic carbocycles. The lowest BCUT2D eigenvalue weighted by atomic mass is 9.96. The highest BCUT2D eigenvalue weighted by Gasteiger charge is 2.26. The van der Waals surface area contributed by atoms with E-state index in [4.69, 9.17) is 4.74 Å². The first kappa shape index (κ1) is 16.2. The summed E-state index contributed by atoms with van der Waals surface area (Å²) in [6.45, 7) is 10.9. The summed E-state index contributed by atoms with van der Waals surface area (Å²) in [5, 5.41) is 8.69. The van der Waals surface area contributed by atoms with E-state index in [-0.39, 0.29) is 12.0 Å². The zero-order valence-electron chi connectivity index (χ0n) is 14.4. The van der Waals surface area contributed by atoms with Gasteiger partial charge in [-0.05, 0) is 32.6 Å². The molecule has 1 aromatic heterocycles. The predicted molar refractivity (Wildman–Crippen MR) is 87.4 cm³/mol. The van der Waals surface area contributed by atoms with Crippen LogP contribution in [0.1, 0.15) is 32.5 Å². The first-order valence-electron chi connectivity index (χ1n) is 8.56. The van der Waals surface area contributed by atoms with Gasteiger partial charge in [-0.15, -0.1) is 10.2 Å². The third-order valence-corrected chi connectivity index (χ3v) is 4.94. The molecular formula is C16H27N5O2. The van der Waals surface area contributed by atoms with Gasteiger partial charge in [-0.25, -0.2) is 0 Å². The van der Waals surface area contributed by atoms with Gasteiger partial charge in [0.05, 0.1) is 12.7 Å². The number of anilines is 1. The van der Waals surface area contributed by atoms with E-state index in [1.165, 1.54) is 0 Å². The van der Waals surface area contributed by atoms with Gasteiger partial charge in [-0.1, -0.05) is 0 Å². The topological polar surface area (TPSA) is 63.5 Å². The minimum absolute atomic E-state index is 0.187. The Morgan fingerprint density at radius 2 is 2.00 bits per heavy atom. The summed E-state index contributed by atoms with van der Waals surface area (Å²) in [5.41, 5.74) is 0. The summed E-state index contributed by atoms with van der Waals surface area (Å²) in [4.78, 5) is 15.7. The van der Waals surface area contributed by atoms with Gasteiger partial charge in [0, 0.05) is 39.6 Å². The van der Waals surface area contributed by atoms with Crippen molar-refractivity contribution in [2.24, 2.45) is 5.92 Å². The maximum atomic E-state index is 11.5. The lowest BCUT2D eigenvalue weighted by Crippen LogP contribution is -2.43. The van der Waals surface area contributed by atoms with Crippen LogP contribution in [0.3, 0.4) is 0 Å². The summed E-state index contributed by atoms with van der Waals surface area (Å²) >= 11 is 0. The number of likely N-dealkylation sites (tertiary alicyclic amines) is 1. The number of aryl methyl sites for hydroxylation is 1. The van der Waals surface area contributed by atoms with E-state index < -0.39 is 0 Å². The first-order chi connectivity index (χ1) is 11.0. The summed E-state index contributed by atoms with van der Waals surface area (Å²) in [7, 11) is 0. The van der Waals surface area contributed by atoms with E-state index in [1.54, 1.807) is 6.92 Å². The molecule has 2 fully saturated rings. The van der Waals surface area contributed by atoms with Crippen LogP contribution in [0.5, 0.6) is 0 Å². The van der Waals surface area contributed by atoms with Gasteiger partial charge in [0.25, 0.3) is 0 Å². The Bertz CT molecular complexity index is 551. The van der Waals surface area contributed by atoms with Crippen molar-refractivity contribution in [2.45, 2.75) is 46.3 Å². The number of carbonyl (C=O) groups excluding carboxylic acids is 1. The number of morpholine rings is 1. The van der Waals surface area contributed by atoms with Gasteiger partial charge >= 0.3 is 0 Å².